The van der Waals surface area contributed by atoms with Gasteiger partial charge in [0, 0.05) is 0 Å². The number of ether oxygens (including phenoxy) is 1. The average Bonchev–Trinajstić information content (AvgIpc) is 3.00. The highest BCUT2D eigenvalue weighted by Gasteiger charge is 2.41. The highest BCUT2D eigenvalue weighted by Crippen LogP contribution is 2.18. The summed E-state index contributed by atoms with van der Waals surface area (Å²) in [6, 6.07) is 0. The van der Waals surface area contributed by atoms with Gasteiger partial charge in [0.15, 0.2) is 11.9 Å². The summed E-state index contributed by atoms with van der Waals surface area (Å²) in [5.41, 5.74) is 1.59. The Morgan fingerprint density at radius 3 is 2.53 bits per heavy atom. The van der Waals surface area contributed by atoms with E-state index in [2.05, 4.69) is 24.7 Å². The molecule has 3 heterocycles. The molecular formula is C10H14N4O5. The van der Waals surface area contributed by atoms with Crippen molar-refractivity contribution in [1.29, 1.82) is 0 Å². The van der Waals surface area contributed by atoms with E-state index in [1.807, 2.05) is 0 Å². The molecule has 0 aromatic carbocycles. The second kappa shape index (κ2) is 5.99. The number of nitrogens with one attached hydrogen (secondary N) is 1. The van der Waals surface area contributed by atoms with Gasteiger partial charge in [-0.05, 0) is 0 Å². The topological polar surface area (TPSA) is 145 Å². The van der Waals surface area contributed by atoms with Gasteiger partial charge in [-0.2, -0.15) is 0 Å². The standard InChI is InChI=1S/C5H4N4.C5H10O5/c1-4-5(8-2-6-1)9-3-7-4;6-1-2-3(7)4(8)5(9)10-2/h1-3H,(H,6,7,8,9);2-9H,1H2/t;2-,3-,4-,5-/m.1/s1. The third-order valence-corrected chi connectivity index (χ3v) is 2.62. The number of aromatic nitrogens is 4. The molecule has 19 heavy (non-hydrogen) atoms. The minimum absolute atomic E-state index is 0.407. The van der Waals surface area contributed by atoms with Gasteiger partial charge in [-0.15, -0.1) is 0 Å². The van der Waals surface area contributed by atoms with E-state index >= 15 is 0 Å². The molecule has 0 radical (unpaired) electrons. The van der Waals surface area contributed by atoms with E-state index in [0.29, 0.717) is 5.65 Å². The molecule has 0 spiro atoms. The van der Waals surface area contributed by atoms with E-state index in [1.165, 1.54) is 6.33 Å². The molecule has 5 N–H and O–H groups in total. The third-order valence-electron chi connectivity index (χ3n) is 2.62. The molecule has 0 aliphatic carbocycles. The highest BCUT2D eigenvalue weighted by molar-refractivity contribution is 5.67. The molecule has 2 aromatic heterocycles. The van der Waals surface area contributed by atoms with Gasteiger partial charge >= 0.3 is 0 Å². The largest absolute Gasteiger partial charge is 0.394 e. The van der Waals surface area contributed by atoms with Crippen LogP contribution in [0.5, 0.6) is 0 Å². The molecule has 1 aliphatic heterocycles. The van der Waals surface area contributed by atoms with Crippen LogP contribution in [0.15, 0.2) is 18.9 Å². The zero-order valence-electron chi connectivity index (χ0n) is 9.79. The molecule has 104 valence electrons. The molecule has 9 nitrogen and oxygen atoms in total. The van der Waals surface area contributed by atoms with Crippen LogP contribution >= 0.6 is 0 Å². The summed E-state index contributed by atoms with van der Waals surface area (Å²) in [4.78, 5) is 14.5. The van der Waals surface area contributed by atoms with Crippen LogP contribution in [0.4, 0.5) is 0 Å². The van der Waals surface area contributed by atoms with Crippen molar-refractivity contribution in [2.45, 2.75) is 24.6 Å². The van der Waals surface area contributed by atoms with Crippen molar-refractivity contribution in [3.63, 3.8) is 0 Å². The monoisotopic (exact) mass is 270 g/mol. The maximum atomic E-state index is 8.93. The smallest absolute Gasteiger partial charge is 0.184 e. The number of nitrogens with zero attached hydrogens (tertiary/aromatic N) is 3. The van der Waals surface area contributed by atoms with Gasteiger partial charge in [0.2, 0.25) is 0 Å². The lowest BCUT2D eigenvalue weighted by atomic mass is 10.1. The summed E-state index contributed by atoms with van der Waals surface area (Å²) < 4.78 is 4.54. The number of aliphatic hydroxyl groups excluding tert-OH is 4. The Morgan fingerprint density at radius 1 is 1.21 bits per heavy atom. The number of H-pyrrole nitrogens is 1. The molecule has 1 aliphatic rings. The number of fused-ring (bicyclic) bond motifs is 1. The first-order valence-electron chi connectivity index (χ1n) is 5.53. The van der Waals surface area contributed by atoms with E-state index in [1.54, 1.807) is 12.5 Å². The molecule has 3 rings (SSSR count). The summed E-state index contributed by atoms with van der Waals surface area (Å²) in [6.45, 7) is -0.407. The van der Waals surface area contributed by atoms with E-state index in [-0.39, 0.29) is 0 Å². The molecule has 2 aromatic rings. The van der Waals surface area contributed by atoms with Crippen molar-refractivity contribution < 1.29 is 25.2 Å². The van der Waals surface area contributed by atoms with Crippen molar-refractivity contribution in [3.05, 3.63) is 18.9 Å². The SMILES string of the molecule is OC[C@H]1O[C@@H](O)[C@H](O)[C@@H]1O.c1ncc2[nH]cnc2n1. The molecule has 9 heteroatoms. The van der Waals surface area contributed by atoms with Crippen LogP contribution in [0.3, 0.4) is 0 Å². The van der Waals surface area contributed by atoms with Crippen LogP contribution in [-0.2, 0) is 4.74 Å². The molecule has 4 atom stereocenters. The average molecular weight is 270 g/mol. The maximum absolute atomic E-state index is 8.93. The molecular weight excluding hydrogens is 256 g/mol. The van der Waals surface area contributed by atoms with Crippen molar-refractivity contribution >= 4 is 11.2 Å². The summed E-state index contributed by atoms with van der Waals surface area (Å²) in [7, 11) is 0. The Bertz CT molecular complexity index is 491. The van der Waals surface area contributed by atoms with E-state index in [4.69, 9.17) is 20.4 Å². The molecule has 0 unspecified atom stereocenters. The van der Waals surface area contributed by atoms with Gasteiger partial charge in [-0.25, -0.2) is 15.0 Å². The Labute approximate surface area is 107 Å². The Hall–Kier alpha value is -1.65. The number of imidazole rings is 1. The summed E-state index contributed by atoms with van der Waals surface area (Å²) in [5.74, 6) is 0. The quantitative estimate of drug-likeness (QED) is 0.391. The second-order valence-electron chi connectivity index (χ2n) is 3.89. The van der Waals surface area contributed by atoms with E-state index in [0.717, 1.165) is 5.52 Å². The van der Waals surface area contributed by atoms with Gasteiger partial charge in [-0.3, -0.25) is 0 Å². The number of hydrogen-bond acceptors (Lipinski definition) is 8. The predicted molar refractivity (Wildman–Crippen MR) is 61.7 cm³/mol. The number of aromatic amines is 1. The molecule has 1 fully saturated rings. The van der Waals surface area contributed by atoms with Crippen molar-refractivity contribution in [3.8, 4) is 0 Å². The first-order valence-corrected chi connectivity index (χ1v) is 5.53. The first-order chi connectivity index (χ1) is 9.13. The summed E-state index contributed by atoms with van der Waals surface area (Å²) in [5, 5.41) is 35.0. The fourth-order valence-corrected chi connectivity index (χ4v) is 1.57. The lowest BCUT2D eigenvalue weighted by Crippen LogP contribution is -2.33. The first kappa shape index (κ1) is 13.8. The van der Waals surface area contributed by atoms with Crippen LogP contribution in [0, 0.1) is 0 Å². The lowest BCUT2D eigenvalue weighted by Gasteiger charge is -2.09. The van der Waals surface area contributed by atoms with Crippen LogP contribution in [0.25, 0.3) is 11.2 Å². The highest BCUT2D eigenvalue weighted by atomic mass is 16.6. The molecule has 0 amide bonds. The number of aliphatic hydroxyl groups is 4. The minimum atomic E-state index is -1.38. The van der Waals surface area contributed by atoms with Gasteiger partial charge in [0.05, 0.1) is 19.1 Å². The Kier molecular flexibility index (Phi) is 4.35. The van der Waals surface area contributed by atoms with Crippen LogP contribution < -0.4 is 0 Å². The Morgan fingerprint density at radius 2 is 2.00 bits per heavy atom. The zero-order chi connectivity index (χ0) is 13.8. The zero-order valence-corrected chi connectivity index (χ0v) is 9.79. The van der Waals surface area contributed by atoms with Crippen molar-refractivity contribution in [2.75, 3.05) is 6.61 Å². The maximum Gasteiger partial charge on any atom is 0.184 e. The molecule has 1 saturated heterocycles. The third kappa shape index (κ3) is 3.03. The van der Waals surface area contributed by atoms with Gasteiger partial charge in [0.1, 0.15) is 30.2 Å². The Balaban J connectivity index is 0.000000141. The van der Waals surface area contributed by atoms with Crippen molar-refractivity contribution in [2.24, 2.45) is 0 Å². The van der Waals surface area contributed by atoms with Gasteiger partial charge in [-0.1, -0.05) is 0 Å². The van der Waals surface area contributed by atoms with Crippen LogP contribution in [-0.4, -0.2) is 71.6 Å². The van der Waals surface area contributed by atoms with E-state index in [9.17, 15) is 0 Å². The van der Waals surface area contributed by atoms with Crippen LogP contribution in [0.2, 0.25) is 0 Å². The fraction of sp³-hybridized carbons (Fsp3) is 0.500. The summed E-state index contributed by atoms with van der Waals surface area (Å²) >= 11 is 0. The lowest BCUT2D eigenvalue weighted by molar-refractivity contribution is -0.132. The second-order valence-corrected chi connectivity index (χ2v) is 3.89. The van der Waals surface area contributed by atoms with E-state index < -0.39 is 31.2 Å². The van der Waals surface area contributed by atoms with Crippen LogP contribution in [0.1, 0.15) is 0 Å². The van der Waals surface area contributed by atoms with Crippen molar-refractivity contribution in [1.82, 2.24) is 19.9 Å². The molecule has 0 bridgehead atoms. The molecule has 0 saturated carbocycles. The number of hydrogen-bond donors (Lipinski definition) is 5. The van der Waals surface area contributed by atoms with Gasteiger partial charge < -0.3 is 30.1 Å². The normalized spacial score (nSPS) is 30.1. The minimum Gasteiger partial charge on any atom is -0.394 e. The number of rotatable bonds is 1. The van der Waals surface area contributed by atoms with Gasteiger partial charge in [0.25, 0.3) is 0 Å². The predicted octanol–water partition coefficient (Wildman–Crippen LogP) is -2.23. The summed E-state index contributed by atoms with van der Waals surface area (Å²) in [6.07, 6.45) is 0.00648. The fourth-order valence-electron chi connectivity index (χ4n) is 1.57.